The van der Waals surface area contributed by atoms with Crippen LogP contribution in [0.1, 0.15) is 10.4 Å². The Hall–Kier alpha value is -1.26. The first-order valence-electron chi connectivity index (χ1n) is 3.91. The van der Waals surface area contributed by atoms with E-state index in [2.05, 4.69) is 5.32 Å². The van der Waals surface area contributed by atoms with E-state index in [0.29, 0.717) is 0 Å². The van der Waals surface area contributed by atoms with E-state index in [4.69, 9.17) is 23.2 Å². The lowest BCUT2D eigenvalue weighted by atomic mass is 10.1. The summed E-state index contributed by atoms with van der Waals surface area (Å²) in [7, 11) is 1.34. The highest BCUT2D eigenvalue weighted by Crippen LogP contribution is 2.32. The van der Waals surface area contributed by atoms with Crippen LogP contribution in [0.3, 0.4) is 0 Å². The van der Waals surface area contributed by atoms with Crippen molar-refractivity contribution >= 4 is 34.9 Å². The second-order valence-electron chi connectivity index (χ2n) is 2.70. The van der Waals surface area contributed by atoms with Crippen molar-refractivity contribution in [2.24, 2.45) is 0 Å². The van der Waals surface area contributed by atoms with Gasteiger partial charge in [0.25, 0.3) is 5.91 Å². The molecule has 0 spiro atoms. The molecule has 0 aliphatic carbocycles. The van der Waals surface area contributed by atoms with Gasteiger partial charge in [-0.15, -0.1) is 0 Å². The molecule has 4 nitrogen and oxygen atoms in total. The number of nitrogens with one attached hydrogen (secondary N) is 1. The number of aromatic hydroxyl groups is 1. The number of ketones is 1. The third kappa shape index (κ3) is 2.40. The van der Waals surface area contributed by atoms with Gasteiger partial charge in [-0.3, -0.25) is 9.59 Å². The molecule has 0 aromatic heterocycles. The molecule has 0 saturated carbocycles. The van der Waals surface area contributed by atoms with Gasteiger partial charge >= 0.3 is 0 Å². The second-order valence-corrected chi connectivity index (χ2v) is 3.51. The summed E-state index contributed by atoms with van der Waals surface area (Å²) in [5, 5.41) is 11.3. The summed E-state index contributed by atoms with van der Waals surface area (Å²) < 4.78 is 0. The van der Waals surface area contributed by atoms with Crippen molar-refractivity contribution in [1.29, 1.82) is 0 Å². The van der Waals surface area contributed by atoms with Crippen molar-refractivity contribution in [2.75, 3.05) is 7.05 Å². The van der Waals surface area contributed by atoms with Crippen LogP contribution in [-0.2, 0) is 4.79 Å². The molecule has 0 saturated heterocycles. The molecule has 1 aromatic carbocycles. The molecule has 0 fully saturated rings. The van der Waals surface area contributed by atoms with Crippen LogP contribution in [-0.4, -0.2) is 23.8 Å². The van der Waals surface area contributed by atoms with Crippen LogP contribution in [0.15, 0.2) is 12.1 Å². The van der Waals surface area contributed by atoms with Gasteiger partial charge in [-0.25, -0.2) is 0 Å². The summed E-state index contributed by atoms with van der Waals surface area (Å²) in [5.74, 6) is -1.85. The van der Waals surface area contributed by atoms with Gasteiger partial charge in [0, 0.05) is 12.6 Å². The topological polar surface area (TPSA) is 66.4 Å². The molecular formula is C9H7Cl2NO3. The van der Waals surface area contributed by atoms with E-state index >= 15 is 0 Å². The van der Waals surface area contributed by atoms with Crippen molar-refractivity contribution in [3.8, 4) is 5.75 Å². The fourth-order valence-corrected chi connectivity index (χ4v) is 1.43. The van der Waals surface area contributed by atoms with Crippen LogP contribution < -0.4 is 5.32 Å². The zero-order chi connectivity index (χ0) is 11.6. The van der Waals surface area contributed by atoms with Crippen molar-refractivity contribution in [1.82, 2.24) is 5.32 Å². The molecule has 2 N–H and O–H groups in total. The van der Waals surface area contributed by atoms with Gasteiger partial charge in [0.05, 0.1) is 10.0 Å². The maximum absolute atomic E-state index is 11.4. The normalized spacial score (nSPS) is 9.80. The molecule has 1 amide bonds. The Morgan fingerprint density at radius 1 is 1.27 bits per heavy atom. The fourth-order valence-electron chi connectivity index (χ4n) is 0.941. The summed E-state index contributed by atoms with van der Waals surface area (Å²) >= 11 is 11.2. The lowest BCUT2D eigenvalue weighted by molar-refractivity contribution is -0.116. The van der Waals surface area contributed by atoms with Gasteiger partial charge in [0.2, 0.25) is 5.78 Å². The van der Waals surface area contributed by atoms with Gasteiger partial charge in [0.15, 0.2) is 5.75 Å². The number of benzene rings is 1. The van der Waals surface area contributed by atoms with Crippen molar-refractivity contribution in [3.05, 3.63) is 27.7 Å². The number of amides is 1. The monoisotopic (exact) mass is 247 g/mol. The van der Waals surface area contributed by atoms with E-state index in [9.17, 15) is 14.7 Å². The maximum atomic E-state index is 11.4. The Morgan fingerprint density at radius 2 is 1.73 bits per heavy atom. The lowest BCUT2D eigenvalue weighted by Gasteiger charge is -2.03. The Kier molecular flexibility index (Phi) is 3.55. The van der Waals surface area contributed by atoms with Crippen LogP contribution in [0, 0.1) is 0 Å². The number of rotatable bonds is 2. The smallest absolute Gasteiger partial charge is 0.292 e. The maximum Gasteiger partial charge on any atom is 0.292 e. The van der Waals surface area contributed by atoms with Crippen LogP contribution in [0.4, 0.5) is 0 Å². The van der Waals surface area contributed by atoms with Gasteiger partial charge in [0.1, 0.15) is 0 Å². The molecule has 0 unspecified atom stereocenters. The van der Waals surface area contributed by atoms with Gasteiger partial charge < -0.3 is 10.4 Å². The largest absolute Gasteiger partial charge is 0.505 e. The first-order chi connectivity index (χ1) is 6.97. The molecule has 0 bridgehead atoms. The highest BCUT2D eigenvalue weighted by Gasteiger charge is 2.17. The summed E-state index contributed by atoms with van der Waals surface area (Å²) in [6, 6.07) is 2.36. The molecule has 0 heterocycles. The van der Waals surface area contributed by atoms with Crippen LogP contribution in [0.5, 0.6) is 5.75 Å². The van der Waals surface area contributed by atoms with Crippen molar-refractivity contribution in [3.63, 3.8) is 0 Å². The standard InChI is InChI=1S/C9H7Cl2NO3/c1-12-9(15)7(13)4-2-5(10)8(14)6(11)3-4/h2-3,14H,1H3,(H,12,15). The predicted molar refractivity (Wildman–Crippen MR) is 56.5 cm³/mol. The molecule has 0 aliphatic heterocycles. The van der Waals surface area contributed by atoms with E-state index < -0.39 is 11.7 Å². The molecular weight excluding hydrogens is 241 g/mol. The third-order valence-corrected chi connectivity index (χ3v) is 2.29. The zero-order valence-corrected chi connectivity index (χ0v) is 9.19. The molecule has 80 valence electrons. The number of carbonyl (C=O) groups excluding carboxylic acids is 2. The minimum atomic E-state index is -0.771. The van der Waals surface area contributed by atoms with Gasteiger partial charge in [-0.2, -0.15) is 0 Å². The number of carbonyl (C=O) groups is 2. The molecule has 0 aliphatic rings. The quantitative estimate of drug-likeness (QED) is 0.617. The van der Waals surface area contributed by atoms with E-state index in [1.54, 1.807) is 0 Å². The van der Waals surface area contributed by atoms with Crippen molar-refractivity contribution in [2.45, 2.75) is 0 Å². The number of likely N-dealkylation sites (N-methyl/N-ethyl adjacent to an activating group) is 1. The summed E-state index contributed by atoms with van der Waals surface area (Å²) in [5.41, 5.74) is 0.0298. The van der Waals surface area contributed by atoms with E-state index in [0.717, 1.165) is 0 Å². The van der Waals surface area contributed by atoms with E-state index in [1.165, 1.54) is 19.2 Å². The fraction of sp³-hybridized carbons (Fsp3) is 0.111. The summed E-state index contributed by atoms with van der Waals surface area (Å²) in [6.07, 6.45) is 0. The first-order valence-corrected chi connectivity index (χ1v) is 4.67. The second kappa shape index (κ2) is 4.51. The van der Waals surface area contributed by atoms with Crippen LogP contribution >= 0.6 is 23.2 Å². The number of hydrogen-bond acceptors (Lipinski definition) is 3. The SMILES string of the molecule is CNC(=O)C(=O)c1cc(Cl)c(O)c(Cl)c1. The number of phenolic OH excluding ortho intramolecular Hbond substituents is 1. The third-order valence-electron chi connectivity index (χ3n) is 1.71. The van der Waals surface area contributed by atoms with Crippen LogP contribution in [0.2, 0.25) is 10.0 Å². The Balaban J connectivity index is 3.17. The minimum absolute atomic E-state index is 0.0298. The zero-order valence-electron chi connectivity index (χ0n) is 7.67. The first kappa shape index (κ1) is 11.8. The number of halogens is 2. The number of Topliss-reactive ketones (excluding diaryl/α,β-unsaturated/α-hetero) is 1. The van der Waals surface area contributed by atoms with Gasteiger partial charge in [-0.1, -0.05) is 23.2 Å². The minimum Gasteiger partial charge on any atom is -0.505 e. The number of hydrogen-bond donors (Lipinski definition) is 2. The predicted octanol–water partition coefficient (Wildman–Crippen LogP) is 1.63. The lowest BCUT2D eigenvalue weighted by Crippen LogP contribution is -2.27. The molecule has 6 heteroatoms. The summed E-state index contributed by atoms with van der Waals surface area (Å²) in [6.45, 7) is 0. The van der Waals surface area contributed by atoms with E-state index in [-0.39, 0.29) is 21.4 Å². The molecule has 1 aromatic rings. The highest BCUT2D eigenvalue weighted by atomic mass is 35.5. The Labute approximate surface area is 95.8 Å². The molecule has 0 radical (unpaired) electrons. The highest BCUT2D eigenvalue weighted by molar-refractivity contribution is 6.44. The molecule has 1 rings (SSSR count). The number of phenols is 1. The van der Waals surface area contributed by atoms with Crippen LogP contribution in [0.25, 0.3) is 0 Å². The summed E-state index contributed by atoms with van der Waals surface area (Å²) in [4.78, 5) is 22.4. The molecule has 15 heavy (non-hydrogen) atoms. The van der Waals surface area contributed by atoms with Gasteiger partial charge in [-0.05, 0) is 12.1 Å². The Morgan fingerprint density at radius 3 is 2.13 bits per heavy atom. The average Bonchev–Trinajstić information content (AvgIpc) is 2.23. The van der Waals surface area contributed by atoms with Crippen molar-refractivity contribution < 1.29 is 14.7 Å². The molecule has 0 atom stereocenters. The van der Waals surface area contributed by atoms with E-state index in [1.807, 2.05) is 0 Å². The average molecular weight is 248 g/mol. The Bertz CT molecular complexity index is 408.